The van der Waals surface area contributed by atoms with Crippen LogP contribution >= 0.6 is 11.3 Å². The molecule has 0 bridgehead atoms. The van der Waals surface area contributed by atoms with Crippen molar-refractivity contribution in [2.75, 3.05) is 5.43 Å². The quantitative estimate of drug-likeness (QED) is 0.412. The molecule has 112 valence electrons. The molecule has 0 amide bonds. The number of nitrogens with zero attached hydrogens (tertiary/aromatic N) is 2. The lowest BCUT2D eigenvalue weighted by molar-refractivity contribution is 1.29. The largest absolute Gasteiger partial charge is 0.252 e. The average Bonchev–Trinajstić information content (AvgIpc) is 3.02. The van der Waals surface area contributed by atoms with Gasteiger partial charge in [-0.1, -0.05) is 65.9 Å². The SMILES string of the molecule is C/C(=N\Nc1nc2ccccc2s1)c1cccc2ccccc12. The van der Waals surface area contributed by atoms with Gasteiger partial charge in [-0.2, -0.15) is 5.10 Å². The van der Waals surface area contributed by atoms with Crippen molar-refractivity contribution < 1.29 is 0 Å². The molecule has 0 saturated heterocycles. The summed E-state index contributed by atoms with van der Waals surface area (Å²) in [6, 6.07) is 22.7. The maximum absolute atomic E-state index is 4.54. The van der Waals surface area contributed by atoms with Gasteiger partial charge in [0.15, 0.2) is 0 Å². The monoisotopic (exact) mass is 317 g/mol. The Morgan fingerprint density at radius 1 is 0.957 bits per heavy atom. The molecule has 0 spiro atoms. The molecule has 23 heavy (non-hydrogen) atoms. The van der Waals surface area contributed by atoms with E-state index in [9.17, 15) is 0 Å². The van der Waals surface area contributed by atoms with Crippen molar-refractivity contribution in [1.29, 1.82) is 0 Å². The van der Waals surface area contributed by atoms with Gasteiger partial charge in [-0.15, -0.1) is 0 Å². The summed E-state index contributed by atoms with van der Waals surface area (Å²) in [4.78, 5) is 4.54. The molecule has 3 nitrogen and oxygen atoms in total. The molecule has 0 unspecified atom stereocenters. The minimum absolute atomic E-state index is 0.811. The molecule has 0 atom stereocenters. The van der Waals surface area contributed by atoms with Crippen LogP contribution in [0.5, 0.6) is 0 Å². The summed E-state index contributed by atoms with van der Waals surface area (Å²) < 4.78 is 1.16. The number of benzene rings is 3. The van der Waals surface area contributed by atoms with Crippen molar-refractivity contribution in [3.63, 3.8) is 0 Å². The van der Waals surface area contributed by atoms with Crippen LogP contribution in [0.15, 0.2) is 71.8 Å². The van der Waals surface area contributed by atoms with Crippen LogP contribution in [0.4, 0.5) is 5.13 Å². The van der Waals surface area contributed by atoms with Gasteiger partial charge in [-0.05, 0) is 29.8 Å². The molecule has 0 aliphatic carbocycles. The molecule has 1 N–H and O–H groups in total. The Bertz CT molecular complexity index is 979. The molecular weight excluding hydrogens is 302 g/mol. The van der Waals surface area contributed by atoms with Crippen molar-refractivity contribution in [1.82, 2.24) is 4.98 Å². The Balaban J connectivity index is 1.67. The van der Waals surface area contributed by atoms with Crippen LogP contribution in [0.25, 0.3) is 21.0 Å². The molecule has 0 fully saturated rings. The second-order valence-corrected chi connectivity index (χ2v) is 6.35. The van der Waals surface area contributed by atoms with Gasteiger partial charge in [0.2, 0.25) is 5.13 Å². The van der Waals surface area contributed by atoms with Crippen molar-refractivity contribution in [3.8, 4) is 0 Å². The van der Waals surface area contributed by atoms with E-state index in [2.05, 4.69) is 64.0 Å². The molecule has 4 rings (SSSR count). The predicted octanol–water partition coefficient (Wildman–Crippen LogP) is 5.29. The lowest BCUT2D eigenvalue weighted by Crippen LogP contribution is -2.00. The summed E-state index contributed by atoms with van der Waals surface area (Å²) in [6.07, 6.45) is 0. The van der Waals surface area contributed by atoms with Crippen molar-refractivity contribution in [3.05, 3.63) is 72.3 Å². The van der Waals surface area contributed by atoms with E-state index in [0.717, 1.165) is 26.6 Å². The summed E-state index contributed by atoms with van der Waals surface area (Å²) in [5.74, 6) is 0. The van der Waals surface area contributed by atoms with Gasteiger partial charge in [0.1, 0.15) is 0 Å². The summed E-state index contributed by atoms with van der Waals surface area (Å²) in [7, 11) is 0. The Morgan fingerprint density at radius 2 is 1.74 bits per heavy atom. The van der Waals surface area contributed by atoms with E-state index in [1.807, 2.05) is 25.1 Å². The fraction of sp³-hybridized carbons (Fsp3) is 0.0526. The van der Waals surface area contributed by atoms with E-state index >= 15 is 0 Å². The zero-order valence-corrected chi connectivity index (χ0v) is 13.5. The third-order valence-corrected chi connectivity index (χ3v) is 4.73. The normalized spacial score (nSPS) is 12.0. The van der Waals surface area contributed by atoms with Crippen LogP contribution in [0.3, 0.4) is 0 Å². The summed E-state index contributed by atoms with van der Waals surface area (Å²) in [5.41, 5.74) is 6.17. The molecule has 4 aromatic rings. The highest BCUT2D eigenvalue weighted by atomic mass is 32.1. The molecule has 0 radical (unpaired) electrons. The smallest absolute Gasteiger partial charge is 0.204 e. The number of fused-ring (bicyclic) bond motifs is 2. The number of hydrogen-bond acceptors (Lipinski definition) is 4. The summed E-state index contributed by atoms with van der Waals surface area (Å²) >= 11 is 1.61. The summed E-state index contributed by atoms with van der Waals surface area (Å²) in [5, 5.41) is 7.77. The van der Waals surface area contributed by atoms with Crippen molar-refractivity contribution in [2.45, 2.75) is 6.92 Å². The van der Waals surface area contributed by atoms with E-state index in [0.29, 0.717) is 0 Å². The van der Waals surface area contributed by atoms with E-state index in [1.54, 1.807) is 11.3 Å². The first kappa shape index (κ1) is 13.9. The fourth-order valence-corrected chi connectivity index (χ4v) is 3.46. The van der Waals surface area contributed by atoms with Gasteiger partial charge in [0.25, 0.3) is 0 Å². The zero-order valence-electron chi connectivity index (χ0n) is 12.7. The minimum Gasteiger partial charge on any atom is -0.252 e. The van der Waals surface area contributed by atoms with Crippen LogP contribution in [-0.4, -0.2) is 10.7 Å². The van der Waals surface area contributed by atoms with Gasteiger partial charge in [0, 0.05) is 5.56 Å². The van der Waals surface area contributed by atoms with Gasteiger partial charge in [-0.3, -0.25) is 5.43 Å². The molecule has 4 heteroatoms. The van der Waals surface area contributed by atoms with Crippen LogP contribution in [0.1, 0.15) is 12.5 Å². The molecule has 3 aromatic carbocycles. The topological polar surface area (TPSA) is 37.3 Å². The average molecular weight is 317 g/mol. The Labute approximate surface area is 138 Å². The highest BCUT2D eigenvalue weighted by Gasteiger charge is 2.05. The van der Waals surface area contributed by atoms with E-state index in [-0.39, 0.29) is 0 Å². The number of hydrazone groups is 1. The van der Waals surface area contributed by atoms with Crippen LogP contribution in [0.2, 0.25) is 0 Å². The van der Waals surface area contributed by atoms with Crippen LogP contribution in [-0.2, 0) is 0 Å². The van der Waals surface area contributed by atoms with Gasteiger partial charge < -0.3 is 0 Å². The number of aromatic nitrogens is 1. The Morgan fingerprint density at radius 3 is 2.65 bits per heavy atom. The molecule has 0 aliphatic heterocycles. The fourth-order valence-electron chi connectivity index (χ4n) is 2.65. The number of thiazole rings is 1. The first-order valence-electron chi connectivity index (χ1n) is 7.45. The van der Waals surface area contributed by atoms with E-state index < -0.39 is 0 Å². The standard InChI is InChI=1S/C19H15N3S/c1-13(15-10-6-8-14-7-2-3-9-16(14)15)21-22-19-20-17-11-4-5-12-18(17)23-19/h2-12H,1H3,(H,20,22)/b21-13+. The number of hydrogen-bond donors (Lipinski definition) is 1. The van der Waals surface area contributed by atoms with Gasteiger partial charge >= 0.3 is 0 Å². The zero-order chi connectivity index (χ0) is 15.6. The van der Waals surface area contributed by atoms with Crippen molar-refractivity contribution in [2.24, 2.45) is 5.10 Å². The summed E-state index contributed by atoms with van der Waals surface area (Å²) in [6.45, 7) is 2.02. The maximum Gasteiger partial charge on any atom is 0.204 e. The second-order valence-electron chi connectivity index (χ2n) is 5.32. The molecule has 1 heterocycles. The minimum atomic E-state index is 0.811. The Kier molecular flexibility index (Phi) is 3.52. The van der Waals surface area contributed by atoms with Gasteiger partial charge in [-0.25, -0.2) is 4.98 Å². The highest BCUT2D eigenvalue weighted by Crippen LogP contribution is 2.25. The number of nitrogens with one attached hydrogen (secondary N) is 1. The maximum atomic E-state index is 4.54. The molecule has 1 aromatic heterocycles. The first-order chi connectivity index (χ1) is 11.3. The Hall–Kier alpha value is -2.72. The number of anilines is 1. The van der Waals surface area contributed by atoms with Gasteiger partial charge in [0.05, 0.1) is 15.9 Å². The third-order valence-electron chi connectivity index (χ3n) is 3.79. The second kappa shape index (κ2) is 5.82. The first-order valence-corrected chi connectivity index (χ1v) is 8.27. The third kappa shape index (κ3) is 2.69. The van der Waals surface area contributed by atoms with Crippen LogP contribution in [0, 0.1) is 0 Å². The highest BCUT2D eigenvalue weighted by molar-refractivity contribution is 7.22. The predicted molar refractivity (Wildman–Crippen MR) is 99.4 cm³/mol. The lowest BCUT2D eigenvalue weighted by atomic mass is 10.0. The van der Waals surface area contributed by atoms with Crippen LogP contribution < -0.4 is 5.43 Å². The molecular formula is C19H15N3S. The number of para-hydroxylation sites is 1. The van der Waals surface area contributed by atoms with Crippen molar-refractivity contribution >= 4 is 43.2 Å². The molecule has 0 aliphatic rings. The molecule has 0 saturated carbocycles. The number of rotatable bonds is 3. The van der Waals surface area contributed by atoms with E-state index in [4.69, 9.17) is 0 Å². The van der Waals surface area contributed by atoms with E-state index in [1.165, 1.54) is 10.8 Å². The lowest BCUT2D eigenvalue weighted by Gasteiger charge is -2.06.